The topological polar surface area (TPSA) is 70.8 Å². The summed E-state index contributed by atoms with van der Waals surface area (Å²) in [6.45, 7) is 11.2. The minimum atomic E-state index is -0.137. The Morgan fingerprint density at radius 3 is 2.61 bits per heavy atom. The van der Waals surface area contributed by atoms with E-state index in [1.807, 2.05) is 0 Å². The van der Waals surface area contributed by atoms with E-state index >= 15 is 0 Å². The van der Waals surface area contributed by atoms with E-state index in [1.54, 1.807) is 0 Å². The number of aromatic nitrogens is 1. The molecule has 1 aromatic carbocycles. The summed E-state index contributed by atoms with van der Waals surface area (Å²) in [4.78, 5) is 21.5. The van der Waals surface area contributed by atoms with Crippen molar-refractivity contribution in [2.45, 2.75) is 51.7 Å². The summed E-state index contributed by atoms with van der Waals surface area (Å²) in [5.41, 5.74) is 2.99. The van der Waals surface area contributed by atoms with Crippen molar-refractivity contribution in [2.75, 3.05) is 39.4 Å². The summed E-state index contributed by atoms with van der Waals surface area (Å²) in [6, 6.07) is 9.16. The number of morpholine rings is 1. The molecule has 7 heteroatoms. The monoisotopic (exact) mass is 426 g/mol. The largest absolute Gasteiger partial charge is 0.447 e. The molecule has 1 saturated carbocycles. The fourth-order valence-corrected chi connectivity index (χ4v) is 3.75. The molecule has 7 nitrogen and oxygen atoms in total. The molecule has 2 heterocycles. The molecule has 31 heavy (non-hydrogen) atoms. The first-order valence-corrected chi connectivity index (χ1v) is 11.4. The van der Waals surface area contributed by atoms with E-state index in [0.29, 0.717) is 30.1 Å². The predicted octanol–water partition coefficient (Wildman–Crippen LogP) is 3.02. The van der Waals surface area contributed by atoms with Gasteiger partial charge in [0.15, 0.2) is 5.69 Å². The van der Waals surface area contributed by atoms with Crippen molar-refractivity contribution >= 4 is 5.91 Å². The number of ether oxygens (including phenoxy) is 1. The highest BCUT2D eigenvalue weighted by Crippen LogP contribution is 2.20. The summed E-state index contributed by atoms with van der Waals surface area (Å²) in [5.74, 6) is 0.974. The summed E-state index contributed by atoms with van der Waals surface area (Å²) in [5, 5.41) is 2.97. The molecule has 2 aromatic rings. The van der Waals surface area contributed by atoms with Crippen LogP contribution in [0.5, 0.6) is 0 Å². The van der Waals surface area contributed by atoms with Crippen LogP contribution in [0.25, 0.3) is 0 Å². The molecule has 4 rings (SSSR count). The van der Waals surface area contributed by atoms with Gasteiger partial charge in [0.05, 0.1) is 19.8 Å². The van der Waals surface area contributed by atoms with Crippen LogP contribution in [0.4, 0.5) is 0 Å². The number of amides is 1. The van der Waals surface area contributed by atoms with E-state index in [1.165, 1.54) is 17.4 Å². The van der Waals surface area contributed by atoms with Crippen LogP contribution in [-0.4, -0.2) is 66.1 Å². The molecule has 0 bridgehead atoms. The lowest BCUT2D eigenvalue weighted by atomic mass is 10.0. The van der Waals surface area contributed by atoms with Crippen LogP contribution in [0.1, 0.15) is 60.1 Å². The van der Waals surface area contributed by atoms with Crippen molar-refractivity contribution in [3.8, 4) is 0 Å². The van der Waals surface area contributed by atoms with Gasteiger partial charge in [-0.3, -0.25) is 14.6 Å². The molecule has 1 N–H and O–H groups in total. The summed E-state index contributed by atoms with van der Waals surface area (Å²) in [7, 11) is 0. The lowest BCUT2D eigenvalue weighted by Gasteiger charge is -2.29. The maximum atomic E-state index is 12.2. The van der Waals surface area contributed by atoms with Crippen LogP contribution < -0.4 is 5.32 Å². The Kier molecular flexibility index (Phi) is 7.37. The molecule has 2 aliphatic rings. The molecule has 0 atom stereocenters. The summed E-state index contributed by atoms with van der Waals surface area (Å²) < 4.78 is 11.1. The maximum Gasteiger partial charge on any atom is 0.273 e. The van der Waals surface area contributed by atoms with E-state index in [4.69, 9.17) is 9.15 Å². The van der Waals surface area contributed by atoms with Crippen molar-refractivity contribution in [3.63, 3.8) is 0 Å². The molecule has 168 valence electrons. The first-order valence-electron chi connectivity index (χ1n) is 11.4. The maximum absolute atomic E-state index is 12.2. The first kappa shape index (κ1) is 22.0. The Bertz CT molecular complexity index is 839. The quantitative estimate of drug-likeness (QED) is 0.630. The van der Waals surface area contributed by atoms with Gasteiger partial charge in [0.2, 0.25) is 5.89 Å². The Morgan fingerprint density at radius 1 is 1.19 bits per heavy atom. The van der Waals surface area contributed by atoms with E-state index in [9.17, 15) is 4.79 Å². The van der Waals surface area contributed by atoms with Crippen LogP contribution in [-0.2, 0) is 17.8 Å². The summed E-state index contributed by atoms with van der Waals surface area (Å²) in [6.07, 6.45) is 3.59. The molecule has 2 fully saturated rings. The molecular formula is C24H34N4O3. The second-order valence-corrected chi connectivity index (χ2v) is 8.94. The van der Waals surface area contributed by atoms with Gasteiger partial charge in [0.25, 0.3) is 5.91 Å². The first-order chi connectivity index (χ1) is 15.1. The zero-order valence-corrected chi connectivity index (χ0v) is 18.7. The average molecular weight is 427 g/mol. The lowest BCUT2D eigenvalue weighted by Crippen LogP contribution is -2.41. The third kappa shape index (κ3) is 6.63. The molecule has 1 saturated heterocycles. The van der Waals surface area contributed by atoms with E-state index in [2.05, 4.69) is 58.2 Å². The third-order valence-electron chi connectivity index (χ3n) is 5.94. The van der Waals surface area contributed by atoms with Crippen LogP contribution in [0.15, 0.2) is 34.9 Å². The number of oxazole rings is 1. The van der Waals surface area contributed by atoms with Gasteiger partial charge < -0.3 is 14.5 Å². The Hall–Kier alpha value is -2.22. The van der Waals surface area contributed by atoms with Gasteiger partial charge in [-0.15, -0.1) is 0 Å². The number of nitrogens with zero attached hydrogens (tertiary/aromatic N) is 3. The molecule has 0 spiro atoms. The molecular weight excluding hydrogens is 392 g/mol. The molecule has 1 aliphatic carbocycles. The average Bonchev–Trinajstić information content (AvgIpc) is 3.47. The smallest absolute Gasteiger partial charge is 0.273 e. The standard InChI is InChI=1S/C24H34N4O3/c1-18(2)20-5-3-19(4-6-20)15-28(10-9-27-11-13-30-14-12-27)16-23-26-22(17-31-23)24(29)25-21-7-8-21/h3-6,17-18,21H,7-16H2,1-2H3,(H,25,29). The predicted molar refractivity (Wildman–Crippen MR) is 119 cm³/mol. The zero-order valence-electron chi connectivity index (χ0n) is 18.7. The number of rotatable bonds is 10. The van der Waals surface area contributed by atoms with Gasteiger partial charge >= 0.3 is 0 Å². The highest BCUT2D eigenvalue weighted by atomic mass is 16.5. The third-order valence-corrected chi connectivity index (χ3v) is 5.94. The van der Waals surface area contributed by atoms with Crippen LogP contribution >= 0.6 is 0 Å². The van der Waals surface area contributed by atoms with Crippen LogP contribution in [0.2, 0.25) is 0 Å². The second kappa shape index (κ2) is 10.4. The number of nitrogens with one attached hydrogen (secondary N) is 1. The molecule has 0 radical (unpaired) electrons. The van der Waals surface area contributed by atoms with Crippen molar-refractivity contribution in [1.82, 2.24) is 20.1 Å². The van der Waals surface area contributed by atoms with Gasteiger partial charge in [-0.25, -0.2) is 4.98 Å². The molecule has 1 aromatic heterocycles. The van der Waals surface area contributed by atoms with Crippen molar-refractivity contribution in [1.29, 1.82) is 0 Å². The van der Waals surface area contributed by atoms with Gasteiger partial charge in [0, 0.05) is 38.8 Å². The number of hydrogen-bond donors (Lipinski definition) is 1. The highest BCUT2D eigenvalue weighted by Gasteiger charge is 2.25. The summed E-state index contributed by atoms with van der Waals surface area (Å²) >= 11 is 0. The van der Waals surface area contributed by atoms with Gasteiger partial charge in [-0.1, -0.05) is 38.1 Å². The molecule has 0 unspecified atom stereocenters. The van der Waals surface area contributed by atoms with E-state index in [-0.39, 0.29) is 5.91 Å². The molecule has 1 aliphatic heterocycles. The van der Waals surface area contributed by atoms with E-state index < -0.39 is 0 Å². The fraction of sp³-hybridized carbons (Fsp3) is 0.583. The van der Waals surface area contributed by atoms with Crippen LogP contribution in [0, 0.1) is 0 Å². The second-order valence-electron chi connectivity index (χ2n) is 8.94. The number of hydrogen-bond acceptors (Lipinski definition) is 6. The number of carbonyl (C=O) groups is 1. The van der Waals surface area contributed by atoms with E-state index in [0.717, 1.165) is 58.8 Å². The van der Waals surface area contributed by atoms with Crippen molar-refractivity contribution < 1.29 is 13.9 Å². The molecule has 1 amide bonds. The minimum Gasteiger partial charge on any atom is -0.447 e. The van der Waals surface area contributed by atoms with Gasteiger partial charge in [0.1, 0.15) is 6.26 Å². The van der Waals surface area contributed by atoms with Crippen molar-refractivity contribution in [3.05, 3.63) is 53.2 Å². The zero-order chi connectivity index (χ0) is 21.6. The SMILES string of the molecule is CC(C)c1ccc(CN(CCN2CCOCC2)Cc2nc(C(=O)NC3CC3)co2)cc1. The Labute approximate surface area is 184 Å². The highest BCUT2D eigenvalue weighted by molar-refractivity contribution is 5.92. The van der Waals surface area contributed by atoms with Gasteiger partial charge in [-0.05, 0) is 29.9 Å². The fourth-order valence-electron chi connectivity index (χ4n) is 3.75. The number of carbonyl (C=O) groups excluding carboxylic acids is 1. The normalized spacial score (nSPS) is 17.4. The number of benzene rings is 1. The minimum absolute atomic E-state index is 0.137. The van der Waals surface area contributed by atoms with Crippen molar-refractivity contribution in [2.24, 2.45) is 0 Å². The Morgan fingerprint density at radius 2 is 1.94 bits per heavy atom. The van der Waals surface area contributed by atoms with Crippen LogP contribution in [0.3, 0.4) is 0 Å². The lowest BCUT2D eigenvalue weighted by molar-refractivity contribution is 0.0320. The Balaban J connectivity index is 1.39. The van der Waals surface area contributed by atoms with Gasteiger partial charge in [-0.2, -0.15) is 0 Å².